The van der Waals surface area contributed by atoms with Gasteiger partial charge in [-0.3, -0.25) is 4.79 Å². The van der Waals surface area contributed by atoms with Gasteiger partial charge in [0.15, 0.2) is 0 Å². The van der Waals surface area contributed by atoms with E-state index in [-0.39, 0.29) is 18.5 Å². The smallest absolute Gasteiger partial charge is 0.334 e. The predicted octanol–water partition coefficient (Wildman–Crippen LogP) is 4.28. The largest absolute Gasteiger partial charge is 0.478 e. The zero-order valence-corrected chi connectivity index (χ0v) is 17.0. The van der Waals surface area contributed by atoms with Crippen molar-refractivity contribution in [2.24, 2.45) is 0 Å². The van der Waals surface area contributed by atoms with E-state index < -0.39 is 5.97 Å². The van der Waals surface area contributed by atoms with Crippen LogP contribution in [0.25, 0.3) is 0 Å². The van der Waals surface area contributed by atoms with Gasteiger partial charge < -0.3 is 14.6 Å². The first-order valence-electron chi connectivity index (χ1n) is 9.52. The first kappa shape index (κ1) is 23.4. The number of hydrogen-bond donors (Lipinski definition) is 1. The zero-order valence-electron chi connectivity index (χ0n) is 17.0. The molecule has 0 saturated heterocycles. The third-order valence-electron chi connectivity index (χ3n) is 4.33. The van der Waals surface area contributed by atoms with E-state index in [0.717, 1.165) is 24.0 Å². The molecule has 0 aliphatic carbocycles. The molecule has 1 rings (SSSR count). The summed E-state index contributed by atoms with van der Waals surface area (Å²) in [5, 5.41) is 9.34. The molecule has 0 radical (unpaired) electrons. The molecule has 6 heteroatoms. The summed E-state index contributed by atoms with van der Waals surface area (Å²) in [5.41, 5.74) is 3.20. The number of cyclic esters (lactones) is 1. The van der Waals surface area contributed by atoms with Crippen molar-refractivity contribution in [3.05, 3.63) is 46.6 Å². The second-order valence-electron chi connectivity index (χ2n) is 6.86. The van der Waals surface area contributed by atoms with Gasteiger partial charge in [0.1, 0.15) is 13.2 Å². The normalized spacial score (nSPS) is 15.3. The molecule has 0 saturated carbocycles. The summed E-state index contributed by atoms with van der Waals surface area (Å²) < 4.78 is 9.76. The topological polar surface area (TPSA) is 89.9 Å². The average Bonchev–Trinajstić information content (AvgIpc) is 3.03. The molecule has 0 aromatic rings. The van der Waals surface area contributed by atoms with Gasteiger partial charge in [-0.1, -0.05) is 23.8 Å². The molecule has 154 valence electrons. The number of aliphatic carboxylic acids is 1. The lowest BCUT2D eigenvalue weighted by Crippen LogP contribution is -2.02. The summed E-state index contributed by atoms with van der Waals surface area (Å²) >= 11 is 0. The number of rotatable bonds is 12. The minimum absolute atomic E-state index is 0.225. The van der Waals surface area contributed by atoms with E-state index in [1.54, 1.807) is 6.08 Å². The molecule has 0 bridgehead atoms. The Kier molecular flexibility index (Phi) is 10.6. The zero-order chi connectivity index (χ0) is 20.9. The molecule has 0 aromatic heterocycles. The van der Waals surface area contributed by atoms with Gasteiger partial charge in [-0.05, 0) is 64.0 Å². The van der Waals surface area contributed by atoms with Crippen molar-refractivity contribution in [3.63, 3.8) is 0 Å². The highest BCUT2D eigenvalue weighted by Gasteiger charge is 2.15. The van der Waals surface area contributed by atoms with Gasteiger partial charge in [-0.25, -0.2) is 9.59 Å². The van der Waals surface area contributed by atoms with E-state index in [2.05, 4.69) is 6.08 Å². The van der Waals surface area contributed by atoms with Crippen LogP contribution in [0.5, 0.6) is 0 Å². The molecular weight excluding hydrogens is 360 g/mol. The van der Waals surface area contributed by atoms with Gasteiger partial charge in [0.25, 0.3) is 0 Å². The van der Waals surface area contributed by atoms with Crippen LogP contribution in [0.3, 0.4) is 0 Å². The maximum Gasteiger partial charge on any atom is 0.334 e. The molecule has 1 aliphatic heterocycles. The highest BCUT2D eigenvalue weighted by Crippen LogP contribution is 2.16. The molecule has 0 unspecified atom stereocenters. The van der Waals surface area contributed by atoms with Crippen LogP contribution in [0.4, 0.5) is 0 Å². The Morgan fingerprint density at radius 1 is 1.07 bits per heavy atom. The number of carbonyl (C=O) groups is 3. The van der Waals surface area contributed by atoms with Gasteiger partial charge in [0.05, 0.1) is 0 Å². The molecule has 0 aromatic carbocycles. The standard InChI is InChI=1S/C22H30O6/c1-16(8-5-12-20-13-14-27-22(20)26)7-4-10-19(21(24)25)11-6-9-17(2)15-28-18(3)23/h8-10,13H,4-7,11-12,14-15H2,1-3H3,(H,24,25). The van der Waals surface area contributed by atoms with Gasteiger partial charge in [-0.2, -0.15) is 0 Å². The van der Waals surface area contributed by atoms with Crippen LogP contribution in [-0.2, 0) is 23.9 Å². The fraction of sp³-hybridized carbons (Fsp3) is 0.500. The molecule has 0 spiro atoms. The first-order chi connectivity index (χ1) is 13.3. The lowest BCUT2D eigenvalue weighted by atomic mass is 10.0. The van der Waals surface area contributed by atoms with Crippen molar-refractivity contribution in [2.75, 3.05) is 13.2 Å². The quantitative estimate of drug-likeness (QED) is 0.304. The summed E-state index contributed by atoms with van der Waals surface area (Å²) in [6.07, 6.45) is 11.5. The fourth-order valence-corrected chi connectivity index (χ4v) is 2.69. The summed E-state index contributed by atoms with van der Waals surface area (Å²) in [6, 6.07) is 0. The number of carbonyl (C=O) groups excluding carboxylic acids is 2. The van der Waals surface area contributed by atoms with Gasteiger partial charge in [0.2, 0.25) is 0 Å². The van der Waals surface area contributed by atoms with Crippen molar-refractivity contribution < 1.29 is 29.0 Å². The van der Waals surface area contributed by atoms with Gasteiger partial charge in [0, 0.05) is 18.1 Å². The molecule has 0 amide bonds. The summed E-state index contributed by atoms with van der Waals surface area (Å²) in [7, 11) is 0. The molecule has 0 atom stereocenters. The fourth-order valence-electron chi connectivity index (χ4n) is 2.69. The summed E-state index contributed by atoms with van der Waals surface area (Å²) in [6.45, 7) is 5.83. The predicted molar refractivity (Wildman–Crippen MR) is 107 cm³/mol. The number of allylic oxidation sites excluding steroid dienone is 4. The molecule has 28 heavy (non-hydrogen) atoms. The van der Waals surface area contributed by atoms with Crippen LogP contribution in [0.2, 0.25) is 0 Å². The summed E-state index contributed by atoms with van der Waals surface area (Å²) in [4.78, 5) is 33.5. The van der Waals surface area contributed by atoms with Crippen LogP contribution in [0, 0.1) is 0 Å². The van der Waals surface area contributed by atoms with Crippen LogP contribution in [0.15, 0.2) is 46.6 Å². The highest BCUT2D eigenvalue weighted by atomic mass is 16.5. The molecule has 1 aliphatic rings. The van der Waals surface area contributed by atoms with E-state index in [1.165, 1.54) is 12.5 Å². The Balaban J connectivity index is 2.39. The Labute approximate surface area is 166 Å². The number of carboxylic acid groups (broad SMARTS) is 1. The third kappa shape index (κ3) is 9.90. The molecule has 1 N–H and O–H groups in total. The van der Waals surface area contributed by atoms with Crippen LogP contribution in [0.1, 0.15) is 59.3 Å². The SMILES string of the molecule is CC(=O)OCC(C)=CCCC(=CCCC(C)=CCCC1=CCOC1=O)C(=O)O. The van der Waals surface area contributed by atoms with Crippen molar-refractivity contribution in [3.8, 4) is 0 Å². The van der Waals surface area contributed by atoms with Gasteiger partial charge >= 0.3 is 17.9 Å². The number of hydrogen-bond acceptors (Lipinski definition) is 5. The number of esters is 2. The minimum Gasteiger partial charge on any atom is -0.478 e. The van der Waals surface area contributed by atoms with Crippen molar-refractivity contribution in [2.45, 2.75) is 59.3 Å². The van der Waals surface area contributed by atoms with Gasteiger partial charge in [-0.15, -0.1) is 0 Å². The number of ether oxygens (including phenoxy) is 2. The molecule has 0 fully saturated rings. The summed E-state index contributed by atoms with van der Waals surface area (Å²) in [5.74, 6) is -1.46. The van der Waals surface area contributed by atoms with Crippen LogP contribution >= 0.6 is 0 Å². The Hall–Kier alpha value is -2.63. The van der Waals surface area contributed by atoms with Crippen LogP contribution in [-0.4, -0.2) is 36.2 Å². The highest BCUT2D eigenvalue weighted by molar-refractivity contribution is 5.90. The maximum absolute atomic E-state index is 11.4. The molecule has 6 nitrogen and oxygen atoms in total. The van der Waals surface area contributed by atoms with E-state index in [9.17, 15) is 19.5 Å². The van der Waals surface area contributed by atoms with Crippen molar-refractivity contribution in [1.82, 2.24) is 0 Å². The van der Waals surface area contributed by atoms with E-state index in [0.29, 0.717) is 37.9 Å². The lowest BCUT2D eigenvalue weighted by molar-refractivity contribution is -0.140. The second kappa shape index (κ2) is 12.7. The third-order valence-corrected chi connectivity index (χ3v) is 4.33. The Morgan fingerprint density at radius 2 is 1.75 bits per heavy atom. The van der Waals surface area contributed by atoms with Crippen molar-refractivity contribution in [1.29, 1.82) is 0 Å². The Bertz CT molecular complexity index is 694. The Morgan fingerprint density at radius 3 is 2.36 bits per heavy atom. The van der Waals surface area contributed by atoms with E-state index in [1.807, 2.05) is 26.0 Å². The van der Waals surface area contributed by atoms with E-state index in [4.69, 9.17) is 9.47 Å². The van der Waals surface area contributed by atoms with E-state index >= 15 is 0 Å². The first-order valence-corrected chi connectivity index (χ1v) is 9.52. The maximum atomic E-state index is 11.4. The second-order valence-corrected chi connectivity index (χ2v) is 6.86. The minimum atomic E-state index is -0.903. The molecular formula is C22H30O6. The average molecular weight is 390 g/mol. The van der Waals surface area contributed by atoms with Crippen molar-refractivity contribution >= 4 is 17.9 Å². The van der Waals surface area contributed by atoms with Crippen LogP contribution < -0.4 is 0 Å². The molecule has 1 heterocycles. The number of carboxylic acids is 1. The lowest BCUT2D eigenvalue weighted by Gasteiger charge is -2.04. The monoisotopic (exact) mass is 390 g/mol.